The van der Waals surface area contributed by atoms with Gasteiger partial charge in [-0.1, -0.05) is 5.16 Å². The maximum Gasteiger partial charge on any atom is 0.140 e. The summed E-state index contributed by atoms with van der Waals surface area (Å²) in [4.78, 5) is 2.37. The average Bonchev–Trinajstić information content (AvgIpc) is 3.18. The number of aromatic nitrogens is 2. The number of rotatable bonds is 6. The van der Waals surface area contributed by atoms with E-state index in [4.69, 9.17) is 10.9 Å². The Labute approximate surface area is 121 Å². The number of oxime groups is 1. The molecule has 0 saturated heterocycles. The van der Waals surface area contributed by atoms with E-state index in [1.54, 1.807) is 0 Å². The van der Waals surface area contributed by atoms with Crippen molar-refractivity contribution in [3.8, 4) is 0 Å². The summed E-state index contributed by atoms with van der Waals surface area (Å²) in [7, 11) is 1.96. The van der Waals surface area contributed by atoms with Crippen LogP contribution in [0.15, 0.2) is 9.63 Å². The fourth-order valence-corrected chi connectivity index (χ4v) is 2.64. The van der Waals surface area contributed by atoms with Crippen molar-refractivity contribution >= 4 is 21.8 Å². The van der Waals surface area contributed by atoms with E-state index in [9.17, 15) is 0 Å². The van der Waals surface area contributed by atoms with Gasteiger partial charge in [-0.05, 0) is 35.7 Å². The van der Waals surface area contributed by atoms with Gasteiger partial charge in [0, 0.05) is 32.6 Å². The Hall–Kier alpha value is -1.08. The number of hydrogen-bond donors (Lipinski definition) is 2. The van der Waals surface area contributed by atoms with Crippen molar-refractivity contribution in [1.82, 2.24) is 14.7 Å². The molecule has 0 amide bonds. The molecule has 106 valence electrons. The normalized spacial score (nSPS) is 16.3. The third kappa shape index (κ3) is 3.48. The van der Waals surface area contributed by atoms with E-state index in [0.717, 1.165) is 23.3 Å². The van der Waals surface area contributed by atoms with E-state index in [-0.39, 0.29) is 5.84 Å². The lowest BCUT2D eigenvalue weighted by Crippen LogP contribution is -2.30. The number of halogens is 1. The van der Waals surface area contributed by atoms with Crippen LogP contribution in [0.25, 0.3) is 0 Å². The molecule has 0 atom stereocenters. The molecule has 19 heavy (non-hydrogen) atoms. The number of hydrogen-bond acceptors (Lipinski definition) is 4. The summed E-state index contributed by atoms with van der Waals surface area (Å²) in [6.07, 6.45) is 3.04. The third-order valence-electron chi connectivity index (χ3n) is 3.46. The van der Waals surface area contributed by atoms with E-state index < -0.39 is 0 Å². The highest BCUT2D eigenvalue weighted by Crippen LogP contribution is 2.30. The first kappa shape index (κ1) is 14.3. The number of nitrogens with two attached hydrogens (primary N) is 1. The monoisotopic (exact) mass is 329 g/mol. The molecule has 1 aromatic rings. The van der Waals surface area contributed by atoms with Gasteiger partial charge in [-0.3, -0.25) is 9.58 Å². The Morgan fingerprint density at radius 2 is 2.32 bits per heavy atom. The van der Waals surface area contributed by atoms with Gasteiger partial charge in [0.25, 0.3) is 0 Å². The Morgan fingerprint density at radius 1 is 1.63 bits per heavy atom. The second-order valence-corrected chi connectivity index (χ2v) is 5.81. The van der Waals surface area contributed by atoms with E-state index in [1.807, 2.05) is 18.7 Å². The predicted molar refractivity (Wildman–Crippen MR) is 77.1 cm³/mol. The summed E-state index contributed by atoms with van der Waals surface area (Å²) in [5, 5.41) is 16.0. The van der Waals surface area contributed by atoms with Gasteiger partial charge >= 0.3 is 0 Å². The van der Waals surface area contributed by atoms with Gasteiger partial charge < -0.3 is 10.9 Å². The molecule has 1 heterocycles. The van der Waals surface area contributed by atoms with Crippen LogP contribution < -0.4 is 5.73 Å². The molecular weight excluding hydrogens is 310 g/mol. The highest BCUT2D eigenvalue weighted by molar-refractivity contribution is 9.10. The molecule has 0 bridgehead atoms. The van der Waals surface area contributed by atoms with Gasteiger partial charge in [-0.25, -0.2) is 0 Å². The van der Waals surface area contributed by atoms with Gasteiger partial charge in [-0.15, -0.1) is 0 Å². The van der Waals surface area contributed by atoms with Gasteiger partial charge in [0.1, 0.15) is 5.84 Å². The molecule has 1 saturated carbocycles. The standard InChI is InChI=1S/C12H20BrN5O/c1-8-12(13)10(17(2)15-8)7-18(9-3-4-9)6-5-11(14)16-19/h9,19H,3-7H2,1-2H3,(H2,14,16). The topological polar surface area (TPSA) is 79.7 Å². The summed E-state index contributed by atoms with van der Waals surface area (Å²) < 4.78 is 2.99. The van der Waals surface area contributed by atoms with Crippen molar-refractivity contribution in [3.63, 3.8) is 0 Å². The molecule has 0 aliphatic heterocycles. The lowest BCUT2D eigenvalue weighted by molar-refractivity contribution is 0.252. The van der Waals surface area contributed by atoms with Crippen molar-refractivity contribution in [2.24, 2.45) is 17.9 Å². The Morgan fingerprint density at radius 3 is 2.79 bits per heavy atom. The molecule has 1 fully saturated rings. The maximum absolute atomic E-state index is 8.61. The summed E-state index contributed by atoms with van der Waals surface area (Å²) in [6, 6.07) is 0.619. The zero-order chi connectivity index (χ0) is 14.0. The minimum atomic E-state index is 0.283. The first-order valence-corrected chi connectivity index (χ1v) is 7.20. The van der Waals surface area contributed by atoms with Crippen molar-refractivity contribution in [3.05, 3.63) is 15.9 Å². The smallest absolute Gasteiger partial charge is 0.140 e. The molecule has 1 aliphatic carbocycles. The summed E-state index contributed by atoms with van der Waals surface area (Å²) in [5.41, 5.74) is 7.72. The van der Waals surface area contributed by atoms with Crippen molar-refractivity contribution in [2.75, 3.05) is 6.54 Å². The van der Waals surface area contributed by atoms with Crippen LogP contribution in [-0.4, -0.2) is 38.3 Å². The van der Waals surface area contributed by atoms with Crippen LogP contribution in [-0.2, 0) is 13.6 Å². The second-order valence-electron chi connectivity index (χ2n) is 5.01. The van der Waals surface area contributed by atoms with Crippen LogP contribution >= 0.6 is 15.9 Å². The van der Waals surface area contributed by atoms with E-state index in [1.165, 1.54) is 18.5 Å². The molecule has 1 aliphatic rings. The number of amidine groups is 1. The molecule has 3 N–H and O–H groups in total. The van der Waals surface area contributed by atoms with Gasteiger partial charge in [0.05, 0.1) is 15.9 Å². The van der Waals surface area contributed by atoms with Crippen molar-refractivity contribution in [2.45, 2.75) is 38.8 Å². The van der Waals surface area contributed by atoms with Crippen LogP contribution in [0.5, 0.6) is 0 Å². The van der Waals surface area contributed by atoms with Crippen LogP contribution in [0.2, 0.25) is 0 Å². The molecule has 0 aromatic carbocycles. The van der Waals surface area contributed by atoms with Crippen LogP contribution in [0.1, 0.15) is 30.7 Å². The molecule has 1 aromatic heterocycles. The first-order chi connectivity index (χ1) is 9.02. The third-order valence-corrected chi connectivity index (χ3v) is 4.49. The fraction of sp³-hybridized carbons (Fsp3) is 0.667. The lowest BCUT2D eigenvalue weighted by Gasteiger charge is -2.21. The minimum Gasteiger partial charge on any atom is -0.409 e. The highest BCUT2D eigenvalue weighted by atomic mass is 79.9. The summed E-state index contributed by atoms with van der Waals surface area (Å²) >= 11 is 3.59. The number of aryl methyl sites for hydroxylation is 2. The summed E-state index contributed by atoms with van der Waals surface area (Å²) in [5.74, 6) is 0.283. The van der Waals surface area contributed by atoms with Crippen LogP contribution in [0.4, 0.5) is 0 Å². The average molecular weight is 330 g/mol. The zero-order valence-corrected chi connectivity index (χ0v) is 12.9. The maximum atomic E-state index is 8.61. The van der Waals surface area contributed by atoms with Gasteiger partial charge in [-0.2, -0.15) is 5.10 Å². The zero-order valence-electron chi connectivity index (χ0n) is 11.3. The van der Waals surface area contributed by atoms with Gasteiger partial charge in [0.2, 0.25) is 0 Å². The molecule has 6 nitrogen and oxygen atoms in total. The Balaban J connectivity index is 2.04. The molecule has 7 heteroatoms. The highest BCUT2D eigenvalue weighted by Gasteiger charge is 2.30. The SMILES string of the molecule is Cc1nn(C)c(CN(CCC(N)=NO)C2CC2)c1Br. The van der Waals surface area contributed by atoms with Crippen molar-refractivity contribution < 1.29 is 5.21 Å². The lowest BCUT2D eigenvalue weighted by atomic mass is 10.3. The Bertz CT molecular complexity index is 481. The first-order valence-electron chi connectivity index (χ1n) is 6.41. The van der Waals surface area contributed by atoms with E-state index in [0.29, 0.717) is 12.5 Å². The van der Waals surface area contributed by atoms with Crippen LogP contribution in [0.3, 0.4) is 0 Å². The molecule has 0 radical (unpaired) electrons. The van der Waals surface area contributed by atoms with Gasteiger partial charge in [0.15, 0.2) is 0 Å². The minimum absolute atomic E-state index is 0.283. The Kier molecular flexibility index (Phi) is 4.46. The fourth-order valence-electron chi connectivity index (χ4n) is 2.18. The molecule has 0 spiro atoms. The predicted octanol–water partition coefficient (Wildman–Crippen LogP) is 1.59. The van der Waals surface area contributed by atoms with Crippen LogP contribution in [0, 0.1) is 6.92 Å². The van der Waals surface area contributed by atoms with E-state index in [2.05, 4.69) is 31.1 Å². The quantitative estimate of drug-likeness (QED) is 0.359. The van der Waals surface area contributed by atoms with Crippen molar-refractivity contribution in [1.29, 1.82) is 0 Å². The molecular formula is C12H20BrN5O. The van der Waals surface area contributed by atoms with E-state index >= 15 is 0 Å². The largest absolute Gasteiger partial charge is 0.409 e. The number of nitrogens with zero attached hydrogens (tertiary/aromatic N) is 4. The second kappa shape index (κ2) is 5.92. The molecule has 2 rings (SSSR count). The molecule has 0 unspecified atom stereocenters. The summed E-state index contributed by atoms with van der Waals surface area (Å²) in [6.45, 7) is 3.63.